The molecule has 0 bridgehead atoms. The summed E-state index contributed by atoms with van der Waals surface area (Å²) in [5.41, 5.74) is 9.60. The van der Waals surface area contributed by atoms with Gasteiger partial charge in [0.25, 0.3) is 0 Å². The molecule has 0 radical (unpaired) electrons. The van der Waals surface area contributed by atoms with Gasteiger partial charge in [-0.05, 0) is 64.7 Å². The van der Waals surface area contributed by atoms with Gasteiger partial charge in [0.1, 0.15) is 6.07 Å². The molecule has 3 nitrogen and oxygen atoms in total. The highest BCUT2D eigenvalue weighted by molar-refractivity contribution is 9.10. The van der Waals surface area contributed by atoms with Crippen molar-refractivity contribution in [3.05, 3.63) is 58.1 Å². The molecular formula is C17H16BrN3. The summed E-state index contributed by atoms with van der Waals surface area (Å²) in [6, 6.07) is 16.7. The van der Waals surface area contributed by atoms with Crippen LogP contribution < -0.4 is 10.6 Å². The second-order valence-corrected chi connectivity index (χ2v) is 6.23. The van der Waals surface area contributed by atoms with Gasteiger partial charge in [-0.1, -0.05) is 12.1 Å². The Morgan fingerprint density at radius 3 is 2.48 bits per heavy atom. The molecule has 1 aliphatic carbocycles. The van der Waals surface area contributed by atoms with Crippen molar-refractivity contribution < 1.29 is 0 Å². The first-order chi connectivity index (χ1) is 10.2. The highest BCUT2D eigenvalue weighted by Crippen LogP contribution is 2.35. The third-order valence-corrected chi connectivity index (χ3v) is 4.38. The molecule has 1 saturated carbocycles. The molecule has 0 spiro atoms. The van der Waals surface area contributed by atoms with Crippen molar-refractivity contribution in [3.63, 3.8) is 0 Å². The summed E-state index contributed by atoms with van der Waals surface area (Å²) in [4.78, 5) is 2.40. The average molecular weight is 342 g/mol. The van der Waals surface area contributed by atoms with E-state index in [1.807, 2.05) is 30.3 Å². The van der Waals surface area contributed by atoms with Gasteiger partial charge in [0.05, 0.1) is 5.56 Å². The van der Waals surface area contributed by atoms with Crippen LogP contribution in [0.2, 0.25) is 0 Å². The van der Waals surface area contributed by atoms with E-state index in [9.17, 15) is 0 Å². The maximum Gasteiger partial charge on any atom is 0.100 e. The second-order valence-electron chi connectivity index (χ2n) is 5.38. The van der Waals surface area contributed by atoms with Crippen molar-refractivity contribution in [2.45, 2.75) is 25.4 Å². The summed E-state index contributed by atoms with van der Waals surface area (Å²) in [5.74, 6) is 0. The topological polar surface area (TPSA) is 53.0 Å². The second kappa shape index (κ2) is 5.79. The standard InChI is InChI=1S/C17H16BrN3/c18-17-9-16(6-3-13(17)10-19)21(15-7-8-15)11-12-1-4-14(20)5-2-12/h1-6,9,15H,7-8,11,20H2. The van der Waals surface area contributed by atoms with Gasteiger partial charge in [0, 0.05) is 28.4 Å². The van der Waals surface area contributed by atoms with E-state index in [1.165, 1.54) is 18.4 Å². The number of nitriles is 1. The first-order valence-electron chi connectivity index (χ1n) is 6.98. The number of rotatable bonds is 4. The van der Waals surface area contributed by atoms with E-state index >= 15 is 0 Å². The van der Waals surface area contributed by atoms with Crippen LogP contribution in [0.1, 0.15) is 24.0 Å². The van der Waals surface area contributed by atoms with Crippen molar-refractivity contribution in [3.8, 4) is 6.07 Å². The molecule has 0 saturated heterocycles. The van der Waals surface area contributed by atoms with E-state index in [4.69, 9.17) is 11.0 Å². The summed E-state index contributed by atoms with van der Waals surface area (Å²) >= 11 is 3.47. The molecule has 0 unspecified atom stereocenters. The van der Waals surface area contributed by atoms with Gasteiger partial charge < -0.3 is 10.6 Å². The van der Waals surface area contributed by atoms with Crippen LogP contribution in [0.15, 0.2) is 46.9 Å². The Kier molecular flexibility index (Phi) is 3.85. The van der Waals surface area contributed by atoms with E-state index < -0.39 is 0 Å². The maximum absolute atomic E-state index is 9.03. The van der Waals surface area contributed by atoms with Gasteiger partial charge in [-0.3, -0.25) is 0 Å². The van der Waals surface area contributed by atoms with Gasteiger partial charge in [-0.2, -0.15) is 5.26 Å². The van der Waals surface area contributed by atoms with Crippen LogP contribution in [0.5, 0.6) is 0 Å². The Labute approximate surface area is 133 Å². The van der Waals surface area contributed by atoms with Crippen LogP contribution in [0.25, 0.3) is 0 Å². The molecule has 1 aliphatic rings. The molecular weight excluding hydrogens is 326 g/mol. The Morgan fingerprint density at radius 2 is 1.90 bits per heavy atom. The molecule has 2 aromatic carbocycles. The van der Waals surface area contributed by atoms with Gasteiger partial charge in [0.2, 0.25) is 0 Å². The number of halogens is 1. The molecule has 21 heavy (non-hydrogen) atoms. The number of nitrogens with zero attached hydrogens (tertiary/aromatic N) is 2. The molecule has 2 N–H and O–H groups in total. The Balaban J connectivity index is 1.86. The number of hydrogen-bond donors (Lipinski definition) is 1. The highest BCUT2D eigenvalue weighted by atomic mass is 79.9. The van der Waals surface area contributed by atoms with Crippen molar-refractivity contribution in [2.24, 2.45) is 0 Å². The fraction of sp³-hybridized carbons (Fsp3) is 0.235. The molecule has 0 atom stereocenters. The predicted octanol–water partition coefficient (Wildman–Crippen LogP) is 4.07. The first-order valence-corrected chi connectivity index (χ1v) is 7.77. The Bertz CT molecular complexity index is 684. The van der Waals surface area contributed by atoms with Gasteiger partial charge in [0.15, 0.2) is 0 Å². The quantitative estimate of drug-likeness (QED) is 0.852. The monoisotopic (exact) mass is 341 g/mol. The van der Waals surface area contributed by atoms with Gasteiger partial charge in [-0.15, -0.1) is 0 Å². The predicted molar refractivity (Wildman–Crippen MR) is 88.9 cm³/mol. The van der Waals surface area contributed by atoms with E-state index in [0.717, 1.165) is 22.4 Å². The Hall–Kier alpha value is -1.99. The van der Waals surface area contributed by atoms with Crippen LogP contribution in [-0.2, 0) is 6.54 Å². The van der Waals surface area contributed by atoms with Crippen LogP contribution in [0, 0.1) is 11.3 Å². The van der Waals surface area contributed by atoms with E-state index in [0.29, 0.717) is 11.6 Å². The zero-order valence-electron chi connectivity index (χ0n) is 11.6. The lowest BCUT2D eigenvalue weighted by Gasteiger charge is -2.25. The molecule has 0 aliphatic heterocycles. The minimum atomic E-state index is 0.599. The average Bonchev–Trinajstić information content (AvgIpc) is 3.31. The zero-order chi connectivity index (χ0) is 14.8. The number of anilines is 2. The first kappa shape index (κ1) is 14.0. The normalized spacial score (nSPS) is 13.7. The number of benzene rings is 2. The van der Waals surface area contributed by atoms with Crippen LogP contribution in [0.4, 0.5) is 11.4 Å². The molecule has 106 valence electrons. The van der Waals surface area contributed by atoms with E-state index in [2.05, 4.69) is 39.0 Å². The van der Waals surface area contributed by atoms with Crippen molar-refractivity contribution in [1.82, 2.24) is 0 Å². The summed E-state index contributed by atoms with van der Waals surface area (Å²) in [6.45, 7) is 0.864. The largest absolute Gasteiger partial charge is 0.399 e. The molecule has 0 aromatic heterocycles. The molecule has 2 aromatic rings. The van der Waals surface area contributed by atoms with Crippen LogP contribution in [-0.4, -0.2) is 6.04 Å². The lowest BCUT2D eigenvalue weighted by Crippen LogP contribution is -2.25. The van der Waals surface area contributed by atoms with Crippen molar-refractivity contribution >= 4 is 27.3 Å². The minimum absolute atomic E-state index is 0.599. The van der Waals surface area contributed by atoms with E-state index in [-0.39, 0.29) is 0 Å². The third kappa shape index (κ3) is 3.20. The van der Waals surface area contributed by atoms with Crippen molar-refractivity contribution in [1.29, 1.82) is 5.26 Å². The number of nitrogens with two attached hydrogens (primary N) is 1. The molecule has 1 fully saturated rings. The minimum Gasteiger partial charge on any atom is -0.399 e. The summed E-state index contributed by atoms with van der Waals surface area (Å²) < 4.78 is 0.852. The van der Waals surface area contributed by atoms with Crippen molar-refractivity contribution in [2.75, 3.05) is 10.6 Å². The zero-order valence-corrected chi connectivity index (χ0v) is 13.2. The summed E-state index contributed by atoms with van der Waals surface area (Å²) in [7, 11) is 0. The van der Waals surface area contributed by atoms with Gasteiger partial charge in [-0.25, -0.2) is 0 Å². The smallest absolute Gasteiger partial charge is 0.100 e. The lowest BCUT2D eigenvalue weighted by atomic mass is 10.1. The Morgan fingerprint density at radius 1 is 1.19 bits per heavy atom. The fourth-order valence-corrected chi connectivity index (χ4v) is 2.87. The number of nitrogen functional groups attached to an aromatic ring is 1. The molecule has 0 amide bonds. The van der Waals surface area contributed by atoms with E-state index in [1.54, 1.807) is 0 Å². The summed E-state index contributed by atoms with van der Waals surface area (Å²) in [5, 5.41) is 9.03. The third-order valence-electron chi connectivity index (χ3n) is 3.73. The molecule has 4 heteroatoms. The fourth-order valence-electron chi connectivity index (χ4n) is 2.41. The summed E-state index contributed by atoms with van der Waals surface area (Å²) in [6.07, 6.45) is 2.46. The van der Waals surface area contributed by atoms with Crippen LogP contribution >= 0.6 is 15.9 Å². The molecule has 0 heterocycles. The van der Waals surface area contributed by atoms with Crippen LogP contribution in [0.3, 0.4) is 0 Å². The molecule has 3 rings (SSSR count). The van der Waals surface area contributed by atoms with Gasteiger partial charge >= 0.3 is 0 Å². The SMILES string of the molecule is N#Cc1ccc(N(Cc2ccc(N)cc2)C2CC2)cc1Br. The maximum atomic E-state index is 9.03. The number of hydrogen-bond acceptors (Lipinski definition) is 3. The highest BCUT2D eigenvalue weighted by Gasteiger charge is 2.29. The lowest BCUT2D eigenvalue weighted by molar-refractivity contribution is 0.794.